The predicted molar refractivity (Wildman–Crippen MR) is 36.5 cm³/mol. The topological polar surface area (TPSA) is 72.5 Å². The molecule has 0 radical (unpaired) electrons. The van der Waals surface area contributed by atoms with Gasteiger partial charge in [0.2, 0.25) is 0 Å². The van der Waals surface area contributed by atoms with Crippen molar-refractivity contribution in [2.45, 2.75) is 0 Å². The lowest BCUT2D eigenvalue weighted by molar-refractivity contribution is -0.116. The number of hydrogen-bond donors (Lipinski definition) is 1. The van der Waals surface area contributed by atoms with Gasteiger partial charge in [0.15, 0.2) is 0 Å². The van der Waals surface area contributed by atoms with Crippen LogP contribution in [0.3, 0.4) is 0 Å². The zero-order chi connectivity index (χ0) is 7.49. The lowest BCUT2D eigenvalue weighted by Crippen LogP contribution is -2.12. The van der Waals surface area contributed by atoms with Crippen molar-refractivity contribution in [1.29, 1.82) is 0 Å². The first-order valence-corrected chi connectivity index (χ1v) is 4.69. The highest BCUT2D eigenvalue weighted by molar-refractivity contribution is 7.92. The van der Waals surface area contributed by atoms with Crippen molar-refractivity contribution in [3.63, 3.8) is 0 Å². The van der Waals surface area contributed by atoms with Crippen molar-refractivity contribution < 1.29 is 9.00 Å². The van der Waals surface area contributed by atoms with Crippen LogP contribution in [-0.4, -0.2) is 29.2 Å². The van der Waals surface area contributed by atoms with E-state index in [1.807, 2.05) is 0 Å². The summed E-state index contributed by atoms with van der Waals surface area (Å²) in [5, 5.41) is 0. The van der Waals surface area contributed by atoms with E-state index in [1.54, 1.807) is 0 Å². The average molecular weight is 150 g/mol. The summed E-state index contributed by atoms with van der Waals surface area (Å²) in [4.78, 5) is 10.4. The second kappa shape index (κ2) is 2.93. The molecule has 0 saturated heterocycles. The average Bonchev–Trinajstić information content (AvgIpc) is 1.62. The molecule has 0 aliphatic heterocycles. The van der Waals surface area contributed by atoms with Crippen LogP contribution in [0.4, 0.5) is 0 Å². The summed E-state index contributed by atoms with van der Waals surface area (Å²) in [6.07, 6.45) is 2.78. The Bertz CT molecular complexity index is 207. The highest BCUT2D eigenvalue weighted by Gasteiger charge is 1.95. The quantitative estimate of drug-likeness (QED) is 0.532. The highest BCUT2D eigenvalue weighted by atomic mass is 32.2. The molecular formula is C4H10N2O2S. The molecule has 1 amide bonds. The van der Waals surface area contributed by atoms with Gasteiger partial charge in [-0.1, -0.05) is 0 Å². The van der Waals surface area contributed by atoms with Gasteiger partial charge in [-0.15, -0.1) is 0 Å². The molecule has 0 aromatic rings. The maximum Gasteiger partial charge on any atom is 0.267 e. The molecule has 9 heavy (non-hydrogen) atoms. The molecule has 0 aliphatic rings. The fourth-order valence-corrected chi connectivity index (χ4v) is 0.847. The Morgan fingerprint density at radius 3 is 2.22 bits per heavy atom. The molecule has 54 valence electrons. The van der Waals surface area contributed by atoms with Crippen molar-refractivity contribution in [3.05, 3.63) is 0 Å². The van der Waals surface area contributed by atoms with Gasteiger partial charge in [0.05, 0.1) is 6.54 Å². The van der Waals surface area contributed by atoms with E-state index in [4.69, 9.17) is 5.73 Å². The molecule has 0 heterocycles. The fraction of sp³-hybridized carbons (Fsp3) is 0.750. The number of carbonyl (C=O) groups excluding carboxylic acids is 1. The molecule has 0 unspecified atom stereocenters. The Hall–Kier alpha value is -0.420. The largest absolute Gasteiger partial charge is 0.322 e. The standard InChI is InChI=1S/C4H10N2O2S/c1-9(2,8)6-4(7)3-5/h3,5H2,1-2H3. The normalized spacial score (nSPS) is 11.0. The lowest BCUT2D eigenvalue weighted by atomic mass is 10.7. The molecule has 0 fully saturated rings. The third-order valence-corrected chi connectivity index (χ3v) is 1.14. The van der Waals surface area contributed by atoms with Gasteiger partial charge in [-0.05, 0) is 0 Å². The number of nitrogens with two attached hydrogens (primary N) is 1. The second-order valence-corrected chi connectivity index (χ2v) is 4.42. The van der Waals surface area contributed by atoms with Crippen molar-refractivity contribution in [3.8, 4) is 0 Å². The van der Waals surface area contributed by atoms with Gasteiger partial charge in [0.1, 0.15) is 0 Å². The van der Waals surface area contributed by atoms with Crippen LogP contribution in [0, 0.1) is 0 Å². The molecule has 0 atom stereocenters. The monoisotopic (exact) mass is 150 g/mol. The van der Waals surface area contributed by atoms with Crippen LogP contribution in [0.15, 0.2) is 4.36 Å². The molecule has 0 bridgehead atoms. The van der Waals surface area contributed by atoms with Crippen molar-refractivity contribution in [1.82, 2.24) is 0 Å². The van der Waals surface area contributed by atoms with Crippen LogP contribution in [0.25, 0.3) is 0 Å². The summed E-state index contributed by atoms with van der Waals surface area (Å²) in [6.45, 7) is -0.168. The zero-order valence-electron chi connectivity index (χ0n) is 5.46. The Labute approximate surface area is 54.6 Å². The van der Waals surface area contributed by atoms with Gasteiger partial charge < -0.3 is 5.73 Å². The molecular weight excluding hydrogens is 140 g/mol. The van der Waals surface area contributed by atoms with Gasteiger partial charge in [-0.25, -0.2) is 4.21 Å². The van der Waals surface area contributed by atoms with E-state index >= 15 is 0 Å². The summed E-state index contributed by atoms with van der Waals surface area (Å²) in [5.41, 5.74) is 4.91. The van der Waals surface area contributed by atoms with Crippen LogP contribution >= 0.6 is 0 Å². The van der Waals surface area contributed by atoms with Crippen LogP contribution in [0.5, 0.6) is 0 Å². The van der Waals surface area contributed by atoms with E-state index in [9.17, 15) is 9.00 Å². The van der Waals surface area contributed by atoms with Crippen LogP contribution in [0.2, 0.25) is 0 Å². The van der Waals surface area contributed by atoms with Gasteiger partial charge in [-0.3, -0.25) is 4.79 Å². The van der Waals surface area contributed by atoms with Crippen LogP contribution in [-0.2, 0) is 14.5 Å². The van der Waals surface area contributed by atoms with Crippen molar-refractivity contribution in [2.24, 2.45) is 10.1 Å². The smallest absolute Gasteiger partial charge is 0.267 e. The number of amides is 1. The minimum Gasteiger partial charge on any atom is -0.322 e. The maximum atomic E-state index is 10.7. The third kappa shape index (κ3) is 5.45. The third-order valence-electron chi connectivity index (χ3n) is 0.496. The summed E-state index contributed by atoms with van der Waals surface area (Å²) in [6, 6.07) is 0. The molecule has 2 N–H and O–H groups in total. The van der Waals surface area contributed by atoms with Gasteiger partial charge in [0.25, 0.3) is 5.91 Å². The predicted octanol–water partition coefficient (Wildman–Crippen LogP) is -0.801. The SMILES string of the molecule is CS(C)(=O)=NC(=O)CN. The number of hydrogen-bond acceptors (Lipinski definition) is 3. The fourth-order valence-electron chi connectivity index (χ4n) is 0.282. The zero-order valence-corrected chi connectivity index (χ0v) is 6.27. The molecule has 0 aromatic carbocycles. The number of carbonyl (C=O) groups is 1. The second-order valence-electron chi connectivity index (χ2n) is 1.87. The highest BCUT2D eigenvalue weighted by Crippen LogP contribution is 1.82. The Morgan fingerprint density at radius 2 is 2.11 bits per heavy atom. The summed E-state index contributed by atoms with van der Waals surface area (Å²) in [5.74, 6) is -0.509. The molecule has 0 spiro atoms. The number of rotatable bonds is 1. The molecule has 0 saturated carbocycles. The van der Waals surface area contributed by atoms with Gasteiger partial charge in [0, 0.05) is 22.2 Å². The van der Waals surface area contributed by atoms with Crippen LogP contribution < -0.4 is 5.73 Å². The van der Waals surface area contributed by atoms with Gasteiger partial charge >= 0.3 is 0 Å². The first kappa shape index (κ1) is 8.58. The Kier molecular flexibility index (Phi) is 2.80. The summed E-state index contributed by atoms with van der Waals surface area (Å²) in [7, 11) is -2.29. The van der Waals surface area contributed by atoms with Crippen molar-refractivity contribution in [2.75, 3.05) is 19.1 Å². The van der Waals surface area contributed by atoms with E-state index in [0.29, 0.717) is 0 Å². The molecule has 0 rings (SSSR count). The summed E-state index contributed by atoms with van der Waals surface area (Å²) >= 11 is 0. The Morgan fingerprint density at radius 1 is 1.67 bits per heavy atom. The van der Waals surface area contributed by atoms with E-state index in [1.165, 1.54) is 12.5 Å². The van der Waals surface area contributed by atoms with Crippen molar-refractivity contribution >= 4 is 15.6 Å². The molecule has 0 aliphatic carbocycles. The molecule has 4 nitrogen and oxygen atoms in total. The first-order chi connectivity index (χ1) is 3.95. The minimum absolute atomic E-state index is 0.168. The van der Waals surface area contributed by atoms with E-state index < -0.39 is 15.6 Å². The van der Waals surface area contributed by atoms with E-state index in [2.05, 4.69) is 4.36 Å². The Balaban J connectivity index is 4.33. The lowest BCUT2D eigenvalue weighted by Gasteiger charge is -1.90. The van der Waals surface area contributed by atoms with E-state index in [-0.39, 0.29) is 6.54 Å². The molecule has 0 aromatic heterocycles. The first-order valence-electron chi connectivity index (χ1n) is 2.36. The van der Waals surface area contributed by atoms with Crippen LogP contribution in [0.1, 0.15) is 0 Å². The maximum absolute atomic E-state index is 10.7. The van der Waals surface area contributed by atoms with E-state index in [0.717, 1.165) is 0 Å². The summed E-state index contributed by atoms with van der Waals surface area (Å²) < 4.78 is 14.0. The number of nitrogens with zero attached hydrogens (tertiary/aromatic N) is 1. The minimum atomic E-state index is -2.29. The molecule has 5 heteroatoms. The van der Waals surface area contributed by atoms with Gasteiger partial charge in [-0.2, -0.15) is 4.36 Å².